The van der Waals surface area contributed by atoms with Gasteiger partial charge in [0.2, 0.25) is 5.95 Å². The first-order valence-electron chi connectivity index (χ1n) is 9.80. The second kappa shape index (κ2) is 8.66. The molecule has 1 aliphatic heterocycles. The Kier molecular flexibility index (Phi) is 6.08. The molecule has 3 aromatic heterocycles. The number of alkyl halides is 3. The quantitative estimate of drug-likeness (QED) is 0.512. The van der Waals surface area contributed by atoms with E-state index in [9.17, 15) is 22.8 Å². The smallest absolute Gasteiger partial charge is 0.425 e. The maximum absolute atomic E-state index is 12.8. The highest BCUT2D eigenvalue weighted by Gasteiger charge is 2.32. The molecule has 170 valence electrons. The van der Waals surface area contributed by atoms with Crippen molar-refractivity contribution in [2.45, 2.75) is 39.5 Å². The average molecular weight is 485 g/mol. The molecule has 0 amide bonds. The Hall–Kier alpha value is -2.73. The molecular weight excluding hydrogens is 465 g/mol. The van der Waals surface area contributed by atoms with E-state index in [0.29, 0.717) is 53.0 Å². The number of aromatic nitrogens is 3. The highest BCUT2D eigenvalue weighted by molar-refractivity contribution is 7.14. The predicted octanol–water partition coefficient (Wildman–Crippen LogP) is 3.88. The second-order valence-corrected chi connectivity index (χ2v) is 9.46. The van der Waals surface area contributed by atoms with Crippen LogP contribution < -0.4 is 10.6 Å². The van der Waals surface area contributed by atoms with Crippen LogP contribution in [0.25, 0.3) is 0 Å². The molecule has 0 atom stereocenters. The molecule has 32 heavy (non-hydrogen) atoms. The number of ether oxygens (including phenoxy) is 1. The minimum absolute atomic E-state index is 0.0245. The highest BCUT2D eigenvalue weighted by Crippen LogP contribution is 2.35. The molecule has 0 radical (unpaired) electrons. The van der Waals surface area contributed by atoms with Crippen LogP contribution in [0.4, 0.5) is 19.1 Å². The molecular formula is C20H19F3N4O3S2. The van der Waals surface area contributed by atoms with Gasteiger partial charge in [-0.25, -0.2) is 9.59 Å². The molecule has 0 saturated heterocycles. The Labute approximate surface area is 189 Å². The van der Waals surface area contributed by atoms with Gasteiger partial charge in [-0.05, 0) is 44.0 Å². The fourth-order valence-electron chi connectivity index (χ4n) is 3.42. The Morgan fingerprint density at radius 3 is 2.69 bits per heavy atom. The van der Waals surface area contributed by atoms with Crippen molar-refractivity contribution in [1.82, 2.24) is 14.5 Å². The highest BCUT2D eigenvalue weighted by atomic mass is 32.1. The Balaban J connectivity index is 1.53. The topological polar surface area (TPSA) is 77.3 Å². The number of anilines is 1. The lowest BCUT2D eigenvalue weighted by molar-refractivity contribution is -0.134. The number of thiophene rings is 2. The van der Waals surface area contributed by atoms with E-state index in [1.165, 1.54) is 22.0 Å². The summed E-state index contributed by atoms with van der Waals surface area (Å²) in [5, 5.41) is 0. The standard InChI is InChI=1S/C20H19F3N4O3S2/c1-3-30-17(28)15-8-12-9-26(7-6-14(12)32-15)18-24-11(2)27(19(29)25-18)10-13-4-5-16(31-13)20(21,22)23/h4-5,8H,3,6-7,9-10H2,1-2H3. The van der Waals surface area contributed by atoms with Gasteiger partial charge in [-0.15, -0.1) is 22.7 Å². The van der Waals surface area contributed by atoms with Gasteiger partial charge in [-0.3, -0.25) is 4.57 Å². The van der Waals surface area contributed by atoms with Crippen LogP contribution in [0.1, 0.15) is 42.6 Å². The minimum Gasteiger partial charge on any atom is -0.462 e. The van der Waals surface area contributed by atoms with Gasteiger partial charge >= 0.3 is 17.8 Å². The van der Waals surface area contributed by atoms with Crippen molar-refractivity contribution >= 4 is 34.6 Å². The minimum atomic E-state index is -4.41. The molecule has 7 nitrogen and oxygen atoms in total. The molecule has 0 spiro atoms. The third kappa shape index (κ3) is 4.56. The van der Waals surface area contributed by atoms with E-state index in [1.807, 2.05) is 4.90 Å². The first-order valence-corrected chi connectivity index (χ1v) is 11.4. The van der Waals surface area contributed by atoms with Gasteiger partial charge in [0.05, 0.1) is 13.2 Å². The third-order valence-electron chi connectivity index (χ3n) is 4.96. The van der Waals surface area contributed by atoms with Crippen molar-refractivity contribution < 1.29 is 22.7 Å². The first kappa shape index (κ1) is 22.5. The zero-order valence-corrected chi connectivity index (χ0v) is 18.9. The maximum Gasteiger partial charge on any atom is 0.425 e. The van der Waals surface area contributed by atoms with Crippen LogP contribution in [-0.2, 0) is 30.4 Å². The number of aryl methyl sites for hydroxylation is 1. The summed E-state index contributed by atoms with van der Waals surface area (Å²) in [5.74, 6) is 0.279. The van der Waals surface area contributed by atoms with E-state index >= 15 is 0 Å². The zero-order chi connectivity index (χ0) is 23.0. The molecule has 0 bridgehead atoms. The van der Waals surface area contributed by atoms with Crippen LogP contribution in [-0.4, -0.2) is 33.7 Å². The number of rotatable bonds is 5. The normalized spacial score (nSPS) is 13.8. The summed E-state index contributed by atoms with van der Waals surface area (Å²) in [4.78, 5) is 36.3. The fraction of sp³-hybridized carbons (Fsp3) is 0.400. The number of carbonyl (C=O) groups excluding carboxylic acids is 1. The molecule has 4 heterocycles. The number of hydrogen-bond acceptors (Lipinski definition) is 8. The summed E-state index contributed by atoms with van der Waals surface area (Å²) in [6.07, 6.45) is -3.73. The number of fused-ring (bicyclic) bond motifs is 1. The lowest BCUT2D eigenvalue weighted by atomic mass is 10.1. The molecule has 1 aliphatic rings. The third-order valence-corrected chi connectivity index (χ3v) is 7.29. The van der Waals surface area contributed by atoms with Crippen molar-refractivity contribution in [3.8, 4) is 0 Å². The zero-order valence-electron chi connectivity index (χ0n) is 17.2. The summed E-state index contributed by atoms with van der Waals surface area (Å²) in [6.45, 7) is 4.70. The summed E-state index contributed by atoms with van der Waals surface area (Å²) >= 11 is 2.00. The van der Waals surface area contributed by atoms with Crippen molar-refractivity contribution in [3.63, 3.8) is 0 Å². The van der Waals surface area contributed by atoms with Gasteiger partial charge < -0.3 is 9.64 Å². The molecule has 3 aromatic rings. The predicted molar refractivity (Wildman–Crippen MR) is 114 cm³/mol. The van der Waals surface area contributed by atoms with Crippen molar-refractivity contribution in [2.75, 3.05) is 18.1 Å². The first-order chi connectivity index (χ1) is 15.2. The number of esters is 1. The maximum atomic E-state index is 12.8. The molecule has 0 aromatic carbocycles. The summed E-state index contributed by atoms with van der Waals surface area (Å²) in [7, 11) is 0. The van der Waals surface area contributed by atoms with Gasteiger partial charge in [-0.1, -0.05) is 0 Å². The van der Waals surface area contributed by atoms with Crippen LogP contribution in [0, 0.1) is 6.92 Å². The number of nitrogens with zero attached hydrogens (tertiary/aromatic N) is 4. The number of halogens is 3. The lowest BCUT2D eigenvalue weighted by Crippen LogP contribution is -2.35. The second-order valence-electron chi connectivity index (χ2n) is 7.15. The van der Waals surface area contributed by atoms with E-state index in [0.717, 1.165) is 16.5 Å². The summed E-state index contributed by atoms with van der Waals surface area (Å²) in [5.41, 5.74) is 0.394. The Bertz CT molecular complexity index is 1220. The Morgan fingerprint density at radius 2 is 2.03 bits per heavy atom. The van der Waals surface area contributed by atoms with E-state index < -0.39 is 16.7 Å². The molecule has 0 aliphatic carbocycles. The van der Waals surface area contributed by atoms with Gasteiger partial charge in [0.25, 0.3) is 0 Å². The van der Waals surface area contributed by atoms with Crippen LogP contribution >= 0.6 is 22.7 Å². The van der Waals surface area contributed by atoms with Crippen molar-refractivity contribution in [3.05, 3.63) is 59.6 Å². The van der Waals surface area contributed by atoms with E-state index in [-0.39, 0.29) is 18.5 Å². The number of hydrogen-bond donors (Lipinski definition) is 0. The summed E-state index contributed by atoms with van der Waals surface area (Å²) < 4.78 is 44.8. The lowest BCUT2D eigenvalue weighted by Gasteiger charge is -2.27. The van der Waals surface area contributed by atoms with Crippen LogP contribution in [0.15, 0.2) is 23.0 Å². The van der Waals surface area contributed by atoms with E-state index in [1.54, 1.807) is 19.9 Å². The van der Waals surface area contributed by atoms with E-state index in [4.69, 9.17) is 4.74 Å². The summed E-state index contributed by atoms with van der Waals surface area (Å²) in [6, 6.07) is 4.16. The van der Waals surface area contributed by atoms with Crippen LogP contribution in [0.5, 0.6) is 0 Å². The number of carbonyl (C=O) groups is 1. The molecule has 0 unspecified atom stereocenters. The van der Waals surface area contributed by atoms with Crippen LogP contribution in [0.2, 0.25) is 0 Å². The Morgan fingerprint density at radius 1 is 1.25 bits per heavy atom. The average Bonchev–Trinajstić information content (AvgIpc) is 3.37. The van der Waals surface area contributed by atoms with Crippen LogP contribution in [0.3, 0.4) is 0 Å². The van der Waals surface area contributed by atoms with Gasteiger partial charge in [0.15, 0.2) is 0 Å². The molecule has 0 fully saturated rings. The van der Waals surface area contributed by atoms with Gasteiger partial charge in [-0.2, -0.15) is 23.1 Å². The molecule has 4 rings (SSSR count). The van der Waals surface area contributed by atoms with Gasteiger partial charge in [0.1, 0.15) is 15.6 Å². The fourth-order valence-corrected chi connectivity index (χ4v) is 5.34. The van der Waals surface area contributed by atoms with E-state index in [2.05, 4.69) is 9.97 Å². The SMILES string of the molecule is CCOC(=O)c1cc2c(s1)CCN(c1nc(C)n(Cc3ccc(C(F)(F)F)s3)c(=O)n1)C2. The molecule has 12 heteroatoms. The largest absolute Gasteiger partial charge is 0.462 e. The molecule has 0 N–H and O–H groups in total. The monoisotopic (exact) mass is 484 g/mol. The van der Waals surface area contributed by atoms with Crippen molar-refractivity contribution in [1.29, 1.82) is 0 Å². The van der Waals surface area contributed by atoms with Crippen molar-refractivity contribution in [2.24, 2.45) is 0 Å². The van der Waals surface area contributed by atoms with Gasteiger partial charge in [0, 0.05) is 22.8 Å². The molecule has 0 saturated carbocycles.